The molecule has 0 fully saturated rings. The van der Waals surface area contributed by atoms with E-state index in [0.29, 0.717) is 0 Å². The molecule has 1 heterocycles. The summed E-state index contributed by atoms with van der Waals surface area (Å²) in [5.41, 5.74) is 3.50. The van der Waals surface area contributed by atoms with E-state index in [1.54, 1.807) is 0 Å². The number of nitrogens with one attached hydrogen (secondary N) is 1. The van der Waals surface area contributed by atoms with Crippen molar-refractivity contribution >= 4 is 5.69 Å². The average Bonchev–Trinajstić information content (AvgIpc) is 2.11. The molecule has 1 N–H and O–H groups in total. The van der Waals surface area contributed by atoms with Gasteiger partial charge in [-0.25, -0.2) is 0 Å². The van der Waals surface area contributed by atoms with E-state index in [-0.39, 0.29) is 11.1 Å². The van der Waals surface area contributed by atoms with Crippen molar-refractivity contribution in [1.29, 1.82) is 0 Å². The smallest absolute Gasteiger partial charge is 0.177 e. The number of ether oxygens (including phenoxy) is 1. The van der Waals surface area contributed by atoms with Crippen LogP contribution in [0.2, 0.25) is 0 Å². The van der Waals surface area contributed by atoms with Crippen LogP contribution in [-0.2, 0) is 4.74 Å². The van der Waals surface area contributed by atoms with Gasteiger partial charge in [-0.3, -0.25) is 0 Å². The van der Waals surface area contributed by atoms with Gasteiger partial charge < -0.3 is 10.1 Å². The van der Waals surface area contributed by atoms with E-state index >= 15 is 0 Å². The minimum atomic E-state index is -0.335. The van der Waals surface area contributed by atoms with Crippen LogP contribution in [0.4, 0.5) is 5.69 Å². The molecule has 2 nitrogen and oxygen atoms in total. The van der Waals surface area contributed by atoms with Crippen molar-refractivity contribution < 1.29 is 4.74 Å². The van der Waals surface area contributed by atoms with Gasteiger partial charge in [-0.05, 0) is 55.5 Å². The molecule has 0 saturated heterocycles. The molecule has 0 radical (unpaired) electrons. The first-order valence-corrected chi connectivity index (χ1v) is 6.50. The average molecular weight is 245 g/mol. The molecule has 1 aromatic rings. The van der Waals surface area contributed by atoms with Gasteiger partial charge in [-0.1, -0.05) is 19.9 Å². The molecular formula is C16H23NO. The molecular weight excluding hydrogens is 222 g/mol. The van der Waals surface area contributed by atoms with Crippen molar-refractivity contribution in [3.63, 3.8) is 0 Å². The molecule has 1 atom stereocenters. The van der Waals surface area contributed by atoms with Gasteiger partial charge in [0.05, 0.1) is 6.26 Å². The molecule has 0 spiro atoms. The molecule has 0 bridgehead atoms. The number of hydrogen-bond donors (Lipinski definition) is 1. The Labute approximate surface area is 110 Å². The van der Waals surface area contributed by atoms with Gasteiger partial charge in [-0.2, -0.15) is 0 Å². The third kappa shape index (κ3) is 3.06. The lowest BCUT2D eigenvalue weighted by molar-refractivity contribution is 0.0151. The Morgan fingerprint density at radius 2 is 1.67 bits per heavy atom. The fourth-order valence-electron chi connectivity index (χ4n) is 2.76. The SMILES string of the molecule is Cc1cc(C)cc(NC2(C)CC(C)(C)C=CO2)c1. The second-order valence-electron chi connectivity index (χ2n) is 6.32. The predicted octanol–water partition coefficient (Wildman–Crippen LogP) is 4.39. The highest BCUT2D eigenvalue weighted by atomic mass is 16.5. The Bertz CT molecular complexity index is 456. The quantitative estimate of drug-likeness (QED) is 0.834. The summed E-state index contributed by atoms with van der Waals surface area (Å²) in [6.45, 7) is 10.8. The summed E-state index contributed by atoms with van der Waals surface area (Å²) in [4.78, 5) is 0. The Balaban J connectivity index is 2.20. The molecule has 0 aliphatic carbocycles. The molecule has 0 amide bonds. The normalized spacial score (nSPS) is 25.6. The third-order valence-electron chi connectivity index (χ3n) is 3.27. The summed E-state index contributed by atoms with van der Waals surface area (Å²) < 4.78 is 5.79. The van der Waals surface area contributed by atoms with Crippen molar-refractivity contribution in [3.05, 3.63) is 41.7 Å². The van der Waals surface area contributed by atoms with E-state index in [9.17, 15) is 0 Å². The van der Waals surface area contributed by atoms with Crippen LogP contribution in [0.3, 0.4) is 0 Å². The van der Waals surface area contributed by atoms with Crippen LogP contribution in [0.1, 0.15) is 38.3 Å². The van der Waals surface area contributed by atoms with Crippen LogP contribution >= 0.6 is 0 Å². The van der Waals surface area contributed by atoms with Crippen LogP contribution in [-0.4, -0.2) is 5.72 Å². The molecule has 2 heteroatoms. The molecule has 98 valence electrons. The maximum Gasteiger partial charge on any atom is 0.177 e. The minimum absolute atomic E-state index is 0.166. The first-order valence-electron chi connectivity index (χ1n) is 6.50. The van der Waals surface area contributed by atoms with Crippen molar-refractivity contribution in [3.8, 4) is 0 Å². The third-order valence-corrected chi connectivity index (χ3v) is 3.27. The van der Waals surface area contributed by atoms with Crippen LogP contribution in [0.25, 0.3) is 0 Å². The molecule has 0 saturated carbocycles. The van der Waals surface area contributed by atoms with Crippen molar-refractivity contribution in [2.24, 2.45) is 5.41 Å². The highest BCUT2D eigenvalue weighted by Crippen LogP contribution is 2.36. The van der Waals surface area contributed by atoms with Gasteiger partial charge in [0, 0.05) is 12.1 Å². The van der Waals surface area contributed by atoms with Crippen LogP contribution < -0.4 is 5.32 Å². The summed E-state index contributed by atoms with van der Waals surface area (Å²) in [6, 6.07) is 6.50. The molecule has 2 rings (SSSR count). The number of rotatable bonds is 2. The maximum absolute atomic E-state index is 5.79. The highest BCUT2D eigenvalue weighted by molar-refractivity contribution is 5.49. The summed E-state index contributed by atoms with van der Waals surface area (Å²) >= 11 is 0. The molecule has 0 aromatic heterocycles. The van der Waals surface area contributed by atoms with Crippen LogP contribution in [0.5, 0.6) is 0 Å². The van der Waals surface area contributed by atoms with Crippen LogP contribution in [0, 0.1) is 19.3 Å². The topological polar surface area (TPSA) is 21.3 Å². The zero-order valence-corrected chi connectivity index (χ0v) is 12.0. The monoisotopic (exact) mass is 245 g/mol. The summed E-state index contributed by atoms with van der Waals surface area (Å²) in [5, 5.41) is 3.52. The summed E-state index contributed by atoms with van der Waals surface area (Å²) in [5.74, 6) is 0. The van der Waals surface area contributed by atoms with Crippen molar-refractivity contribution in [2.75, 3.05) is 5.32 Å². The predicted molar refractivity (Wildman–Crippen MR) is 76.6 cm³/mol. The van der Waals surface area contributed by atoms with E-state index in [4.69, 9.17) is 4.74 Å². The Kier molecular flexibility index (Phi) is 3.14. The number of allylic oxidation sites excluding steroid dienone is 1. The Morgan fingerprint density at radius 3 is 2.22 bits per heavy atom. The number of aryl methyl sites for hydroxylation is 2. The lowest BCUT2D eigenvalue weighted by atomic mass is 9.83. The van der Waals surface area contributed by atoms with E-state index < -0.39 is 0 Å². The lowest BCUT2D eigenvalue weighted by Gasteiger charge is -2.40. The zero-order chi connectivity index (χ0) is 13.4. The van der Waals surface area contributed by atoms with E-state index in [0.717, 1.165) is 12.1 Å². The minimum Gasteiger partial charge on any atom is -0.476 e. The van der Waals surface area contributed by atoms with Gasteiger partial charge in [-0.15, -0.1) is 0 Å². The fourth-order valence-corrected chi connectivity index (χ4v) is 2.76. The van der Waals surface area contributed by atoms with E-state index in [2.05, 4.69) is 64.2 Å². The standard InChI is InChI=1S/C16H23NO/c1-12-8-13(2)10-14(9-12)17-16(5)11-15(3,4)6-7-18-16/h6-10,17H,11H2,1-5H3. The molecule has 1 aliphatic rings. The number of benzene rings is 1. The number of anilines is 1. The first kappa shape index (κ1) is 13.0. The van der Waals surface area contributed by atoms with Gasteiger partial charge >= 0.3 is 0 Å². The summed E-state index contributed by atoms with van der Waals surface area (Å²) in [7, 11) is 0. The van der Waals surface area contributed by atoms with Gasteiger partial charge in [0.2, 0.25) is 0 Å². The second kappa shape index (κ2) is 4.34. The van der Waals surface area contributed by atoms with Crippen molar-refractivity contribution in [1.82, 2.24) is 0 Å². The second-order valence-corrected chi connectivity index (χ2v) is 6.32. The molecule has 1 unspecified atom stereocenters. The van der Waals surface area contributed by atoms with Gasteiger partial charge in [0.15, 0.2) is 5.72 Å². The molecule has 18 heavy (non-hydrogen) atoms. The first-order chi connectivity index (χ1) is 8.28. The Morgan fingerprint density at radius 1 is 1.06 bits per heavy atom. The number of hydrogen-bond acceptors (Lipinski definition) is 2. The van der Waals surface area contributed by atoms with E-state index in [1.165, 1.54) is 11.1 Å². The zero-order valence-electron chi connectivity index (χ0n) is 12.0. The lowest BCUT2D eigenvalue weighted by Crippen LogP contribution is -2.42. The molecule has 1 aliphatic heterocycles. The Hall–Kier alpha value is -1.44. The fraction of sp³-hybridized carbons (Fsp3) is 0.500. The van der Waals surface area contributed by atoms with Crippen molar-refractivity contribution in [2.45, 2.75) is 46.8 Å². The summed E-state index contributed by atoms with van der Waals surface area (Å²) in [6.07, 6.45) is 4.89. The largest absolute Gasteiger partial charge is 0.476 e. The van der Waals surface area contributed by atoms with Gasteiger partial charge in [0.25, 0.3) is 0 Å². The van der Waals surface area contributed by atoms with E-state index in [1.807, 2.05) is 6.26 Å². The van der Waals surface area contributed by atoms with Crippen LogP contribution in [0.15, 0.2) is 30.5 Å². The maximum atomic E-state index is 5.79. The highest BCUT2D eigenvalue weighted by Gasteiger charge is 2.35. The van der Waals surface area contributed by atoms with Gasteiger partial charge in [0.1, 0.15) is 0 Å². The molecule has 1 aromatic carbocycles.